The lowest BCUT2D eigenvalue weighted by molar-refractivity contribution is 0.0954. The van der Waals surface area contributed by atoms with Gasteiger partial charge in [0.25, 0.3) is 5.91 Å². The number of benzene rings is 2. The molecular weight excluding hydrogens is 352 g/mol. The minimum atomic E-state index is -0.0528. The summed E-state index contributed by atoms with van der Waals surface area (Å²) in [6.45, 7) is 2.70. The molecule has 3 N–H and O–H groups in total. The zero-order valence-corrected chi connectivity index (χ0v) is 16.2. The molecule has 0 spiro atoms. The van der Waals surface area contributed by atoms with Crippen LogP contribution in [0.2, 0.25) is 0 Å². The van der Waals surface area contributed by atoms with Gasteiger partial charge in [-0.15, -0.1) is 0 Å². The first-order valence-corrected chi connectivity index (χ1v) is 9.85. The molecule has 0 saturated heterocycles. The number of carbonyl (C=O) groups is 1. The molecule has 0 radical (unpaired) electrons. The summed E-state index contributed by atoms with van der Waals surface area (Å²) < 4.78 is 5.18. The minimum Gasteiger partial charge on any atom is -0.504 e. The number of phenolic OH excluding ortho intramolecular Hbond substituents is 1. The molecule has 2 aromatic carbocycles. The average molecular weight is 378 g/mol. The third-order valence-electron chi connectivity index (χ3n) is 5.74. The fourth-order valence-electron chi connectivity index (χ4n) is 4.37. The maximum Gasteiger partial charge on any atom is 0.253 e. The second kappa shape index (κ2) is 7.58. The van der Waals surface area contributed by atoms with Crippen molar-refractivity contribution in [2.24, 2.45) is 5.92 Å². The number of hydrogen-bond acceptors (Lipinski definition) is 4. The van der Waals surface area contributed by atoms with Gasteiger partial charge in [-0.2, -0.15) is 0 Å². The van der Waals surface area contributed by atoms with Crippen molar-refractivity contribution in [3.8, 4) is 11.5 Å². The Balaban J connectivity index is 1.74. The van der Waals surface area contributed by atoms with Gasteiger partial charge in [0.05, 0.1) is 24.4 Å². The Kier molecular flexibility index (Phi) is 4.99. The lowest BCUT2D eigenvalue weighted by Crippen LogP contribution is -2.32. The highest BCUT2D eigenvalue weighted by atomic mass is 16.5. The van der Waals surface area contributed by atoms with Gasteiger partial charge in [0.15, 0.2) is 11.5 Å². The van der Waals surface area contributed by atoms with Crippen LogP contribution in [0.15, 0.2) is 48.6 Å². The van der Waals surface area contributed by atoms with Crippen molar-refractivity contribution in [2.75, 3.05) is 19.0 Å². The monoisotopic (exact) mass is 378 g/mol. The van der Waals surface area contributed by atoms with E-state index in [-0.39, 0.29) is 23.6 Å². The molecule has 2 aliphatic rings. The largest absolute Gasteiger partial charge is 0.504 e. The molecule has 3 unspecified atom stereocenters. The van der Waals surface area contributed by atoms with Gasteiger partial charge in [-0.3, -0.25) is 4.79 Å². The van der Waals surface area contributed by atoms with E-state index in [1.807, 2.05) is 25.1 Å². The van der Waals surface area contributed by atoms with Crippen molar-refractivity contribution in [1.82, 2.24) is 5.32 Å². The average Bonchev–Trinajstić information content (AvgIpc) is 3.21. The van der Waals surface area contributed by atoms with Crippen molar-refractivity contribution in [2.45, 2.75) is 31.7 Å². The minimum absolute atomic E-state index is 0.00410. The second-order valence-corrected chi connectivity index (χ2v) is 7.43. The molecule has 1 aliphatic carbocycles. The van der Waals surface area contributed by atoms with E-state index in [1.165, 1.54) is 0 Å². The summed E-state index contributed by atoms with van der Waals surface area (Å²) >= 11 is 0. The number of aromatic hydroxyl groups is 1. The van der Waals surface area contributed by atoms with Gasteiger partial charge in [-0.05, 0) is 48.1 Å². The van der Waals surface area contributed by atoms with Crippen LogP contribution in [0.1, 0.15) is 53.2 Å². The fourth-order valence-corrected chi connectivity index (χ4v) is 4.37. The van der Waals surface area contributed by atoms with Crippen LogP contribution in [0.25, 0.3) is 0 Å². The Labute approximate surface area is 165 Å². The molecule has 3 atom stereocenters. The molecule has 5 heteroatoms. The zero-order chi connectivity index (χ0) is 19.7. The van der Waals surface area contributed by atoms with E-state index in [0.717, 1.165) is 29.7 Å². The van der Waals surface area contributed by atoms with Gasteiger partial charge < -0.3 is 20.5 Å². The fraction of sp³-hybridized carbons (Fsp3) is 0.348. The van der Waals surface area contributed by atoms with Crippen LogP contribution in [0.4, 0.5) is 5.69 Å². The quantitative estimate of drug-likeness (QED) is 0.676. The standard InChI is InChI=1S/C23H26N2O3/c1-3-12-24-23(27)18-9-5-8-17-15-6-4-7-16(15)21(25-22(17)18)14-10-11-20(28-2)19(26)13-14/h4-6,8-11,13,15-16,21,25-26H,3,7,12H2,1-2H3,(H,24,27). The van der Waals surface area contributed by atoms with Crippen LogP contribution in [-0.2, 0) is 0 Å². The first kappa shape index (κ1) is 18.4. The van der Waals surface area contributed by atoms with Crippen molar-refractivity contribution in [1.29, 1.82) is 0 Å². The molecule has 0 saturated carbocycles. The van der Waals surface area contributed by atoms with Crippen molar-refractivity contribution >= 4 is 11.6 Å². The predicted octanol–water partition coefficient (Wildman–Crippen LogP) is 4.37. The highest BCUT2D eigenvalue weighted by Crippen LogP contribution is 2.51. The first-order valence-electron chi connectivity index (χ1n) is 9.85. The number of methoxy groups -OCH3 is 1. The lowest BCUT2D eigenvalue weighted by atomic mass is 9.76. The Morgan fingerprint density at radius 2 is 2.18 bits per heavy atom. The molecule has 28 heavy (non-hydrogen) atoms. The number of rotatable bonds is 5. The summed E-state index contributed by atoms with van der Waals surface area (Å²) in [5.41, 5.74) is 3.72. The van der Waals surface area contributed by atoms with Crippen LogP contribution in [0.5, 0.6) is 11.5 Å². The number of phenols is 1. The van der Waals surface area contributed by atoms with Crippen LogP contribution in [-0.4, -0.2) is 24.7 Å². The SMILES string of the molecule is CCCNC(=O)c1cccc2c1NC(c1ccc(OC)c(O)c1)C1CC=CC21. The third kappa shape index (κ3) is 3.11. The molecule has 146 valence electrons. The van der Waals surface area contributed by atoms with E-state index in [0.29, 0.717) is 23.8 Å². The molecule has 2 aromatic rings. The summed E-state index contributed by atoms with van der Waals surface area (Å²) in [6, 6.07) is 11.5. The van der Waals surface area contributed by atoms with E-state index >= 15 is 0 Å². The molecule has 1 amide bonds. The highest BCUT2D eigenvalue weighted by molar-refractivity contribution is 6.00. The summed E-state index contributed by atoms with van der Waals surface area (Å²) in [7, 11) is 1.54. The number of ether oxygens (including phenoxy) is 1. The van der Waals surface area contributed by atoms with E-state index < -0.39 is 0 Å². The van der Waals surface area contributed by atoms with Crippen molar-refractivity contribution < 1.29 is 14.6 Å². The number of amides is 1. The van der Waals surface area contributed by atoms with Crippen LogP contribution < -0.4 is 15.4 Å². The molecule has 5 nitrogen and oxygen atoms in total. The number of hydrogen-bond donors (Lipinski definition) is 3. The van der Waals surface area contributed by atoms with Crippen molar-refractivity contribution in [3.63, 3.8) is 0 Å². The van der Waals surface area contributed by atoms with E-state index in [1.54, 1.807) is 19.2 Å². The van der Waals surface area contributed by atoms with E-state index in [9.17, 15) is 9.90 Å². The summed E-state index contributed by atoms with van der Waals surface area (Å²) in [6.07, 6.45) is 6.32. The smallest absolute Gasteiger partial charge is 0.253 e. The van der Waals surface area contributed by atoms with Gasteiger partial charge in [-0.1, -0.05) is 37.3 Å². The molecule has 0 fully saturated rings. The Morgan fingerprint density at radius 1 is 1.32 bits per heavy atom. The van der Waals surface area contributed by atoms with E-state index in [2.05, 4.69) is 28.9 Å². The lowest BCUT2D eigenvalue weighted by Gasteiger charge is -2.38. The summed E-state index contributed by atoms with van der Waals surface area (Å²) in [5.74, 6) is 1.13. The van der Waals surface area contributed by atoms with Crippen molar-refractivity contribution in [3.05, 3.63) is 65.2 Å². The summed E-state index contributed by atoms with van der Waals surface area (Å²) in [4.78, 5) is 12.7. The van der Waals surface area contributed by atoms with E-state index in [4.69, 9.17) is 4.74 Å². The number of allylic oxidation sites excluding steroid dienone is 2. The topological polar surface area (TPSA) is 70.6 Å². The number of nitrogens with one attached hydrogen (secondary N) is 2. The molecule has 0 aromatic heterocycles. The molecule has 4 rings (SSSR count). The van der Waals surface area contributed by atoms with Crippen LogP contribution in [0.3, 0.4) is 0 Å². The van der Waals surface area contributed by atoms with Crippen LogP contribution in [0, 0.1) is 5.92 Å². The predicted molar refractivity (Wildman–Crippen MR) is 110 cm³/mol. The van der Waals surface area contributed by atoms with Gasteiger partial charge in [0.2, 0.25) is 0 Å². The Bertz CT molecular complexity index is 922. The molecular formula is C23H26N2O3. The number of carbonyl (C=O) groups excluding carboxylic acids is 1. The van der Waals surface area contributed by atoms with Gasteiger partial charge in [-0.25, -0.2) is 0 Å². The van der Waals surface area contributed by atoms with Gasteiger partial charge in [0, 0.05) is 12.5 Å². The molecule has 1 aliphatic heterocycles. The maximum atomic E-state index is 12.7. The van der Waals surface area contributed by atoms with Gasteiger partial charge >= 0.3 is 0 Å². The Morgan fingerprint density at radius 3 is 2.93 bits per heavy atom. The second-order valence-electron chi connectivity index (χ2n) is 7.43. The number of anilines is 1. The highest BCUT2D eigenvalue weighted by Gasteiger charge is 2.39. The van der Waals surface area contributed by atoms with Crippen LogP contribution >= 0.6 is 0 Å². The number of para-hydroxylation sites is 1. The zero-order valence-electron chi connectivity index (χ0n) is 16.2. The number of fused-ring (bicyclic) bond motifs is 3. The Hall–Kier alpha value is -2.95. The molecule has 0 bridgehead atoms. The normalized spacial score (nSPS) is 22.1. The maximum absolute atomic E-state index is 12.7. The summed E-state index contributed by atoms with van der Waals surface area (Å²) in [5, 5.41) is 16.9. The first-order chi connectivity index (χ1) is 13.6. The van der Waals surface area contributed by atoms with Gasteiger partial charge in [0.1, 0.15) is 0 Å². The molecule has 1 heterocycles. The third-order valence-corrected chi connectivity index (χ3v) is 5.74.